The number of hydrogen-bond donors (Lipinski definition) is 2. The van der Waals surface area contributed by atoms with E-state index in [4.69, 9.17) is 4.99 Å². The van der Waals surface area contributed by atoms with Gasteiger partial charge in [-0.25, -0.2) is 0 Å². The third kappa shape index (κ3) is 9.80. The molecule has 1 heterocycles. The van der Waals surface area contributed by atoms with Gasteiger partial charge in [-0.2, -0.15) is 0 Å². The maximum atomic E-state index is 4.76. The Morgan fingerprint density at radius 1 is 1.12 bits per heavy atom. The molecule has 1 saturated heterocycles. The Morgan fingerprint density at radius 3 is 2.76 bits per heavy atom. The lowest BCUT2D eigenvalue weighted by Gasteiger charge is -2.19. The van der Waals surface area contributed by atoms with Crippen LogP contribution in [-0.2, 0) is 0 Å². The predicted molar refractivity (Wildman–Crippen MR) is 119 cm³/mol. The van der Waals surface area contributed by atoms with Gasteiger partial charge in [-0.1, -0.05) is 11.6 Å². The summed E-state index contributed by atoms with van der Waals surface area (Å²) in [7, 11) is 2.22. The maximum absolute atomic E-state index is 4.76. The van der Waals surface area contributed by atoms with Gasteiger partial charge < -0.3 is 20.4 Å². The molecule has 25 heavy (non-hydrogen) atoms. The van der Waals surface area contributed by atoms with E-state index in [2.05, 4.69) is 40.5 Å². The molecule has 0 atom stereocenters. The molecule has 146 valence electrons. The SMILES string of the molecule is CCNC(=NCCN1CCCN(C)CC1)NCCC1=CCCCC1.I. The number of nitrogens with one attached hydrogen (secondary N) is 2. The van der Waals surface area contributed by atoms with Crippen LogP contribution in [0, 0.1) is 0 Å². The molecular weight excluding hydrogens is 425 g/mol. The second kappa shape index (κ2) is 13.8. The van der Waals surface area contributed by atoms with Crippen molar-refractivity contribution in [1.82, 2.24) is 20.4 Å². The monoisotopic (exact) mass is 463 g/mol. The molecule has 0 aromatic heterocycles. The molecule has 0 bridgehead atoms. The lowest BCUT2D eigenvalue weighted by Crippen LogP contribution is -2.39. The van der Waals surface area contributed by atoms with Crippen LogP contribution >= 0.6 is 24.0 Å². The third-order valence-corrected chi connectivity index (χ3v) is 4.97. The first-order valence-corrected chi connectivity index (χ1v) is 9.89. The van der Waals surface area contributed by atoms with Gasteiger partial charge >= 0.3 is 0 Å². The highest BCUT2D eigenvalue weighted by Gasteiger charge is 2.11. The Bertz CT molecular complexity index is 411. The average molecular weight is 463 g/mol. The summed E-state index contributed by atoms with van der Waals surface area (Å²) in [6.07, 6.45) is 10.2. The van der Waals surface area contributed by atoms with Crippen molar-refractivity contribution in [3.05, 3.63) is 11.6 Å². The molecule has 0 aromatic rings. The molecule has 6 heteroatoms. The Balaban J connectivity index is 0.00000312. The fraction of sp³-hybridized carbons (Fsp3) is 0.842. The van der Waals surface area contributed by atoms with Crippen molar-refractivity contribution in [1.29, 1.82) is 0 Å². The van der Waals surface area contributed by atoms with Gasteiger partial charge in [0.05, 0.1) is 6.54 Å². The Labute approximate surface area is 171 Å². The Morgan fingerprint density at radius 2 is 2.00 bits per heavy atom. The van der Waals surface area contributed by atoms with Gasteiger partial charge in [0.2, 0.25) is 0 Å². The smallest absolute Gasteiger partial charge is 0.191 e. The van der Waals surface area contributed by atoms with Crippen LogP contribution < -0.4 is 10.6 Å². The molecule has 0 unspecified atom stereocenters. The molecule has 1 aliphatic carbocycles. The summed E-state index contributed by atoms with van der Waals surface area (Å²) in [4.78, 5) is 9.73. The zero-order chi connectivity index (χ0) is 17.0. The molecule has 0 aromatic carbocycles. The number of guanidine groups is 1. The van der Waals surface area contributed by atoms with Crippen molar-refractivity contribution < 1.29 is 0 Å². The van der Waals surface area contributed by atoms with E-state index in [1.54, 1.807) is 5.57 Å². The second-order valence-electron chi connectivity index (χ2n) is 7.04. The molecule has 5 nitrogen and oxygen atoms in total. The average Bonchev–Trinajstić information content (AvgIpc) is 2.80. The van der Waals surface area contributed by atoms with Gasteiger partial charge in [0.1, 0.15) is 0 Å². The van der Waals surface area contributed by atoms with Gasteiger partial charge in [-0.05, 0) is 65.6 Å². The summed E-state index contributed by atoms with van der Waals surface area (Å²) >= 11 is 0. The Hall–Kier alpha value is -0.340. The second-order valence-corrected chi connectivity index (χ2v) is 7.04. The molecule has 0 saturated carbocycles. The topological polar surface area (TPSA) is 42.9 Å². The molecule has 2 aliphatic rings. The van der Waals surface area contributed by atoms with Crippen molar-refractivity contribution in [2.45, 2.75) is 45.4 Å². The molecule has 0 radical (unpaired) electrons. The molecule has 0 amide bonds. The highest BCUT2D eigenvalue weighted by Crippen LogP contribution is 2.19. The molecule has 2 rings (SSSR count). The van der Waals surface area contributed by atoms with Gasteiger partial charge in [0.25, 0.3) is 0 Å². The number of rotatable bonds is 7. The minimum atomic E-state index is 0. The van der Waals surface area contributed by atoms with Gasteiger partial charge in [-0.3, -0.25) is 4.99 Å². The fourth-order valence-corrected chi connectivity index (χ4v) is 3.44. The highest BCUT2D eigenvalue weighted by molar-refractivity contribution is 14.0. The van der Waals surface area contributed by atoms with Crippen molar-refractivity contribution in [2.75, 3.05) is 59.4 Å². The van der Waals surface area contributed by atoms with E-state index in [-0.39, 0.29) is 24.0 Å². The van der Waals surface area contributed by atoms with Gasteiger partial charge in [0.15, 0.2) is 5.96 Å². The first-order chi connectivity index (χ1) is 11.8. The first kappa shape index (κ1) is 22.7. The van der Waals surface area contributed by atoms with E-state index in [1.807, 2.05) is 0 Å². The van der Waals surface area contributed by atoms with Crippen LogP contribution in [0.4, 0.5) is 0 Å². The quantitative estimate of drug-likeness (QED) is 0.264. The minimum absolute atomic E-state index is 0. The van der Waals surface area contributed by atoms with E-state index in [9.17, 15) is 0 Å². The summed E-state index contributed by atoms with van der Waals surface area (Å²) in [5.74, 6) is 0.973. The summed E-state index contributed by atoms with van der Waals surface area (Å²) in [6.45, 7) is 10.8. The summed E-state index contributed by atoms with van der Waals surface area (Å²) < 4.78 is 0. The van der Waals surface area contributed by atoms with Crippen LogP contribution in [0.1, 0.15) is 45.4 Å². The van der Waals surface area contributed by atoms with E-state index >= 15 is 0 Å². The summed E-state index contributed by atoms with van der Waals surface area (Å²) in [5, 5.41) is 6.87. The molecule has 1 aliphatic heterocycles. The summed E-state index contributed by atoms with van der Waals surface area (Å²) in [6, 6.07) is 0. The number of hydrogen-bond acceptors (Lipinski definition) is 3. The predicted octanol–water partition coefficient (Wildman–Crippen LogP) is 2.69. The molecule has 0 spiro atoms. The van der Waals surface area contributed by atoms with Crippen molar-refractivity contribution in [2.24, 2.45) is 4.99 Å². The lowest BCUT2D eigenvalue weighted by atomic mass is 9.97. The van der Waals surface area contributed by atoms with Crippen LogP contribution in [0.2, 0.25) is 0 Å². The fourth-order valence-electron chi connectivity index (χ4n) is 3.44. The first-order valence-electron chi connectivity index (χ1n) is 9.89. The van der Waals surface area contributed by atoms with Crippen molar-refractivity contribution in [3.8, 4) is 0 Å². The van der Waals surface area contributed by atoms with E-state index in [1.165, 1.54) is 58.3 Å². The van der Waals surface area contributed by atoms with E-state index in [0.29, 0.717) is 0 Å². The van der Waals surface area contributed by atoms with Gasteiger partial charge in [0, 0.05) is 32.7 Å². The largest absolute Gasteiger partial charge is 0.357 e. The van der Waals surface area contributed by atoms with E-state index in [0.717, 1.165) is 38.6 Å². The highest BCUT2D eigenvalue weighted by atomic mass is 127. The standard InChI is InChI=1S/C19H37N5.HI/c1-3-20-19(21-11-10-18-8-5-4-6-9-18)22-12-15-24-14-7-13-23(2)16-17-24;/h8H,3-7,9-17H2,1-2H3,(H2,20,21,22);1H. The zero-order valence-electron chi connectivity index (χ0n) is 16.2. The number of nitrogens with zero attached hydrogens (tertiary/aromatic N) is 3. The van der Waals surface area contributed by atoms with Crippen LogP contribution in [-0.4, -0.2) is 75.2 Å². The van der Waals surface area contributed by atoms with Crippen LogP contribution in [0.5, 0.6) is 0 Å². The lowest BCUT2D eigenvalue weighted by molar-refractivity contribution is 0.283. The normalized spacial score (nSPS) is 20.4. The van der Waals surface area contributed by atoms with Crippen LogP contribution in [0.3, 0.4) is 0 Å². The number of aliphatic imine (C=N–C) groups is 1. The zero-order valence-corrected chi connectivity index (χ0v) is 18.6. The Kier molecular flexibility index (Phi) is 12.5. The third-order valence-electron chi connectivity index (χ3n) is 4.97. The number of halogens is 1. The van der Waals surface area contributed by atoms with Gasteiger partial charge in [-0.15, -0.1) is 24.0 Å². The van der Waals surface area contributed by atoms with Crippen molar-refractivity contribution in [3.63, 3.8) is 0 Å². The number of likely N-dealkylation sites (N-methyl/N-ethyl adjacent to an activating group) is 1. The molecular formula is C19H38IN5. The van der Waals surface area contributed by atoms with E-state index < -0.39 is 0 Å². The molecule has 2 N–H and O–H groups in total. The maximum Gasteiger partial charge on any atom is 0.191 e. The minimum Gasteiger partial charge on any atom is -0.357 e. The molecule has 1 fully saturated rings. The number of allylic oxidation sites excluding steroid dienone is 1. The summed E-state index contributed by atoms with van der Waals surface area (Å²) in [5.41, 5.74) is 1.62. The van der Waals surface area contributed by atoms with Crippen molar-refractivity contribution >= 4 is 29.9 Å². The van der Waals surface area contributed by atoms with Crippen LogP contribution in [0.25, 0.3) is 0 Å². The van der Waals surface area contributed by atoms with Crippen LogP contribution in [0.15, 0.2) is 16.6 Å².